The molecular weight excluding hydrogens is 240 g/mol. The lowest BCUT2D eigenvalue weighted by Crippen LogP contribution is -1.87. The molecule has 0 N–H and O–H groups in total. The van der Waals surface area contributed by atoms with E-state index in [0.717, 1.165) is 5.92 Å². The van der Waals surface area contributed by atoms with Crippen molar-refractivity contribution in [1.29, 1.82) is 0 Å². The molecule has 0 aliphatic carbocycles. The Morgan fingerprint density at radius 1 is 0.650 bits per heavy atom. The zero-order chi connectivity index (χ0) is 14.9. The fourth-order valence-electron chi connectivity index (χ4n) is 2.70. The van der Waals surface area contributed by atoms with Gasteiger partial charge in [-0.25, -0.2) is 0 Å². The Hall–Kier alpha value is -0.260. The molecule has 0 fully saturated rings. The van der Waals surface area contributed by atoms with E-state index in [1.54, 1.807) is 0 Å². The number of allylic oxidation sites excluding steroid dienone is 2. The van der Waals surface area contributed by atoms with Crippen molar-refractivity contribution in [3.8, 4) is 0 Å². The smallest absolute Gasteiger partial charge is 0.0316 e. The predicted molar refractivity (Wildman–Crippen MR) is 94.0 cm³/mol. The van der Waals surface area contributed by atoms with Crippen LogP contribution in [0.3, 0.4) is 0 Å². The molecule has 0 nitrogen and oxygen atoms in total. The summed E-state index contributed by atoms with van der Waals surface area (Å²) in [4.78, 5) is 0. The van der Waals surface area contributed by atoms with Crippen LogP contribution in [0.2, 0.25) is 0 Å². The maximum atomic E-state index is 3.71. The third-order valence-electron chi connectivity index (χ3n) is 4.07. The Labute approximate surface area is 129 Å². The lowest BCUT2D eigenvalue weighted by atomic mass is 10.0. The minimum absolute atomic E-state index is 0.893. The maximum Gasteiger partial charge on any atom is -0.0316 e. The molecule has 0 rings (SSSR count). The van der Waals surface area contributed by atoms with Crippen molar-refractivity contribution < 1.29 is 0 Å². The molecule has 0 saturated heterocycles. The summed E-state index contributed by atoms with van der Waals surface area (Å²) in [5.41, 5.74) is 0. The fourth-order valence-corrected chi connectivity index (χ4v) is 2.70. The van der Waals surface area contributed by atoms with E-state index in [-0.39, 0.29) is 0 Å². The minimum Gasteiger partial charge on any atom is -0.0885 e. The topological polar surface area (TPSA) is 0 Å². The van der Waals surface area contributed by atoms with Gasteiger partial charge >= 0.3 is 0 Å². The SMILES string of the molecule is [CH2]C=CCCCCCCCCCCCCCCC(C)C. The molecule has 0 aliphatic heterocycles. The largest absolute Gasteiger partial charge is 0.0885 e. The molecular formula is C20H39. The van der Waals surface area contributed by atoms with Crippen LogP contribution in [0.5, 0.6) is 0 Å². The molecule has 0 spiro atoms. The zero-order valence-electron chi connectivity index (χ0n) is 14.3. The molecule has 0 heteroatoms. The molecule has 0 amide bonds. The molecule has 0 aromatic heterocycles. The highest BCUT2D eigenvalue weighted by atomic mass is 14.0. The number of unbranched alkanes of at least 4 members (excludes halogenated alkanes) is 12. The first-order valence-corrected chi connectivity index (χ1v) is 9.21. The zero-order valence-corrected chi connectivity index (χ0v) is 14.3. The second kappa shape index (κ2) is 16.8. The van der Waals surface area contributed by atoms with E-state index in [1.807, 2.05) is 6.08 Å². The highest BCUT2D eigenvalue weighted by molar-refractivity contribution is 4.83. The second-order valence-corrected chi connectivity index (χ2v) is 6.69. The van der Waals surface area contributed by atoms with Crippen LogP contribution in [0.25, 0.3) is 0 Å². The summed E-state index contributed by atoms with van der Waals surface area (Å²) >= 11 is 0. The van der Waals surface area contributed by atoms with Crippen molar-refractivity contribution in [3.05, 3.63) is 19.1 Å². The third kappa shape index (κ3) is 17.7. The Balaban J connectivity index is 2.96. The van der Waals surface area contributed by atoms with Gasteiger partial charge in [0.05, 0.1) is 0 Å². The van der Waals surface area contributed by atoms with Crippen LogP contribution in [0, 0.1) is 12.8 Å². The van der Waals surface area contributed by atoms with E-state index in [4.69, 9.17) is 0 Å². The molecule has 1 radical (unpaired) electrons. The first-order chi connectivity index (χ1) is 9.77. The quantitative estimate of drug-likeness (QED) is 0.272. The second-order valence-electron chi connectivity index (χ2n) is 6.69. The molecule has 0 atom stereocenters. The molecule has 0 heterocycles. The Kier molecular flexibility index (Phi) is 16.6. The molecule has 119 valence electrons. The third-order valence-corrected chi connectivity index (χ3v) is 4.07. The number of hydrogen-bond acceptors (Lipinski definition) is 0. The lowest BCUT2D eigenvalue weighted by molar-refractivity contribution is 0.503. The average Bonchev–Trinajstić information content (AvgIpc) is 2.43. The van der Waals surface area contributed by atoms with Gasteiger partial charge in [-0.05, 0) is 25.7 Å². The molecule has 0 aromatic carbocycles. The summed E-state index contributed by atoms with van der Waals surface area (Å²) in [6.45, 7) is 8.37. The monoisotopic (exact) mass is 279 g/mol. The standard InChI is InChI=1S/C20H39/c1-4-5-6-7-8-9-10-11-12-13-14-15-16-17-18-19-20(2)3/h4-5,20H,1,6-19H2,2-3H3. The van der Waals surface area contributed by atoms with E-state index < -0.39 is 0 Å². The van der Waals surface area contributed by atoms with Crippen LogP contribution < -0.4 is 0 Å². The van der Waals surface area contributed by atoms with Crippen LogP contribution in [-0.2, 0) is 0 Å². The first kappa shape index (κ1) is 19.7. The molecule has 20 heavy (non-hydrogen) atoms. The molecule has 0 unspecified atom stereocenters. The van der Waals surface area contributed by atoms with Crippen LogP contribution in [0.1, 0.15) is 104 Å². The van der Waals surface area contributed by atoms with Crippen molar-refractivity contribution in [3.63, 3.8) is 0 Å². The highest BCUT2D eigenvalue weighted by Gasteiger charge is 1.95. The van der Waals surface area contributed by atoms with Crippen LogP contribution in [0.15, 0.2) is 12.2 Å². The highest BCUT2D eigenvalue weighted by Crippen LogP contribution is 2.14. The Bertz CT molecular complexity index is 190. The summed E-state index contributed by atoms with van der Waals surface area (Å²) in [5, 5.41) is 0. The van der Waals surface area contributed by atoms with Crippen molar-refractivity contribution in [2.24, 2.45) is 5.92 Å². The molecule has 0 aromatic rings. The van der Waals surface area contributed by atoms with Gasteiger partial charge in [0.25, 0.3) is 0 Å². The summed E-state index contributed by atoms with van der Waals surface area (Å²) in [7, 11) is 0. The van der Waals surface area contributed by atoms with Gasteiger partial charge in [0.2, 0.25) is 0 Å². The summed E-state index contributed by atoms with van der Waals surface area (Å²) in [6.07, 6.45) is 24.1. The maximum absolute atomic E-state index is 3.71. The van der Waals surface area contributed by atoms with Crippen LogP contribution >= 0.6 is 0 Å². The molecule has 0 saturated carbocycles. The lowest BCUT2D eigenvalue weighted by Gasteiger charge is -2.04. The van der Waals surface area contributed by atoms with E-state index in [1.165, 1.54) is 89.9 Å². The Morgan fingerprint density at radius 2 is 1.05 bits per heavy atom. The van der Waals surface area contributed by atoms with Crippen LogP contribution in [-0.4, -0.2) is 0 Å². The van der Waals surface area contributed by atoms with Gasteiger partial charge in [-0.1, -0.05) is 103 Å². The van der Waals surface area contributed by atoms with E-state index in [2.05, 4.69) is 26.8 Å². The van der Waals surface area contributed by atoms with Gasteiger partial charge in [-0.3, -0.25) is 0 Å². The van der Waals surface area contributed by atoms with Crippen molar-refractivity contribution in [2.75, 3.05) is 0 Å². The molecule has 0 aliphatic rings. The first-order valence-electron chi connectivity index (χ1n) is 9.21. The van der Waals surface area contributed by atoms with Gasteiger partial charge in [-0.2, -0.15) is 0 Å². The van der Waals surface area contributed by atoms with Crippen LogP contribution in [0.4, 0.5) is 0 Å². The normalized spacial score (nSPS) is 11.8. The van der Waals surface area contributed by atoms with Crippen molar-refractivity contribution in [2.45, 2.75) is 104 Å². The molecule has 0 bridgehead atoms. The van der Waals surface area contributed by atoms with E-state index in [9.17, 15) is 0 Å². The van der Waals surface area contributed by atoms with Crippen molar-refractivity contribution >= 4 is 0 Å². The fraction of sp³-hybridized carbons (Fsp3) is 0.850. The van der Waals surface area contributed by atoms with Gasteiger partial charge in [-0.15, -0.1) is 0 Å². The summed E-state index contributed by atoms with van der Waals surface area (Å²) in [5.74, 6) is 0.893. The summed E-state index contributed by atoms with van der Waals surface area (Å²) in [6, 6.07) is 0. The van der Waals surface area contributed by atoms with Gasteiger partial charge < -0.3 is 0 Å². The predicted octanol–water partition coefficient (Wildman–Crippen LogP) is 7.49. The minimum atomic E-state index is 0.893. The van der Waals surface area contributed by atoms with Gasteiger partial charge in [0.15, 0.2) is 0 Å². The average molecular weight is 280 g/mol. The Morgan fingerprint density at radius 3 is 1.45 bits per heavy atom. The number of rotatable bonds is 15. The number of hydrogen-bond donors (Lipinski definition) is 0. The van der Waals surface area contributed by atoms with E-state index in [0.29, 0.717) is 0 Å². The van der Waals surface area contributed by atoms with Gasteiger partial charge in [0, 0.05) is 0 Å². The summed E-state index contributed by atoms with van der Waals surface area (Å²) < 4.78 is 0. The van der Waals surface area contributed by atoms with E-state index >= 15 is 0 Å². The van der Waals surface area contributed by atoms with Gasteiger partial charge in [0.1, 0.15) is 0 Å². The van der Waals surface area contributed by atoms with Crippen molar-refractivity contribution in [1.82, 2.24) is 0 Å².